The van der Waals surface area contributed by atoms with Gasteiger partial charge in [0.25, 0.3) is 0 Å². The van der Waals surface area contributed by atoms with Gasteiger partial charge < -0.3 is 4.90 Å². The molecule has 5 aromatic rings. The smallest absolute Gasteiger partial charge is 0.0543 e. The SMILES string of the molecule is CC1(C)CCC(C)(C)c2cc(N(c3ccc4c(c3)C(C)(C)CCC4(C)C)c3cc4c(cc3-c3cccc5c3C(C)(C)CCC5(C)C)-c3ccccc3C4(C)C)ccc21. The van der Waals surface area contributed by atoms with Crippen molar-refractivity contribution in [2.75, 3.05) is 4.90 Å². The van der Waals surface area contributed by atoms with Crippen molar-refractivity contribution in [3.8, 4) is 22.3 Å². The molecule has 0 saturated carbocycles. The van der Waals surface area contributed by atoms with E-state index in [9.17, 15) is 0 Å². The van der Waals surface area contributed by atoms with Crippen LogP contribution >= 0.6 is 0 Å². The lowest BCUT2D eigenvalue weighted by Gasteiger charge is -2.44. The van der Waals surface area contributed by atoms with E-state index in [2.05, 4.69) is 193 Å². The van der Waals surface area contributed by atoms with Gasteiger partial charge in [-0.25, -0.2) is 0 Å². The first-order valence-corrected chi connectivity index (χ1v) is 22.5. The standard InChI is InChI=1S/C57H69N/c1-51(2)26-28-54(7,8)47-32-36(22-24-43(47)51)58(37-23-25-44-48(33-37)55(9,10)29-27-52(44,3)4)49-35-46-40(38-18-15-16-20-42(38)57(46,13)14)34-41(49)39-19-17-21-45-50(39)56(11,12)31-30-53(45,5)6/h15-25,32-35H,26-31H2,1-14H3. The third kappa shape index (κ3) is 5.83. The summed E-state index contributed by atoms with van der Waals surface area (Å²) >= 11 is 0. The molecule has 0 aromatic heterocycles. The lowest BCUT2D eigenvalue weighted by molar-refractivity contribution is 0.332. The Morgan fingerprint density at radius 3 is 1.33 bits per heavy atom. The molecule has 0 atom stereocenters. The van der Waals surface area contributed by atoms with Crippen molar-refractivity contribution in [1.29, 1.82) is 0 Å². The van der Waals surface area contributed by atoms with Crippen LogP contribution in [0.15, 0.2) is 91.0 Å². The Labute approximate surface area is 351 Å². The van der Waals surface area contributed by atoms with Crippen molar-refractivity contribution in [3.05, 3.63) is 136 Å². The zero-order valence-electron chi connectivity index (χ0n) is 38.4. The molecule has 0 aliphatic heterocycles. The fourth-order valence-corrected chi connectivity index (χ4v) is 12.0. The maximum absolute atomic E-state index is 2.69. The molecule has 0 radical (unpaired) electrons. The maximum atomic E-state index is 2.69. The van der Waals surface area contributed by atoms with Crippen LogP contribution in [0, 0.1) is 0 Å². The van der Waals surface area contributed by atoms with Crippen molar-refractivity contribution in [1.82, 2.24) is 0 Å². The molecule has 0 bridgehead atoms. The minimum absolute atomic E-state index is 0.0442. The normalized spacial score (nSPS) is 21.8. The number of hydrogen-bond donors (Lipinski definition) is 0. The Kier molecular flexibility index (Phi) is 8.46. The highest BCUT2D eigenvalue weighted by Crippen LogP contribution is 2.58. The minimum Gasteiger partial charge on any atom is -0.310 e. The van der Waals surface area contributed by atoms with Gasteiger partial charge in [-0.1, -0.05) is 152 Å². The maximum Gasteiger partial charge on any atom is 0.0543 e. The van der Waals surface area contributed by atoms with Crippen molar-refractivity contribution in [3.63, 3.8) is 0 Å². The molecule has 5 aromatic carbocycles. The highest BCUT2D eigenvalue weighted by Gasteiger charge is 2.43. The van der Waals surface area contributed by atoms with E-state index in [0.29, 0.717) is 0 Å². The molecule has 58 heavy (non-hydrogen) atoms. The first-order chi connectivity index (χ1) is 27.0. The second kappa shape index (κ2) is 12.5. The van der Waals surface area contributed by atoms with Gasteiger partial charge in [-0.2, -0.15) is 0 Å². The van der Waals surface area contributed by atoms with Crippen LogP contribution in [0.25, 0.3) is 22.3 Å². The van der Waals surface area contributed by atoms with E-state index < -0.39 is 0 Å². The number of rotatable bonds is 4. The van der Waals surface area contributed by atoms with Gasteiger partial charge in [0.05, 0.1) is 5.69 Å². The fourth-order valence-electron chi connectivity index (χ4n) is 12.0. The monoisotopic (exact) mass is 768 g/mol. The van der Waals surface area contributed by atoms with E-state index in [1.165, 1.54) is 122 Å². The van der Waals surface area contributed by atoms with Crippen LogP contribution < -0.4 is 4.90 Å². The first kappa shape index (κ1) is 39.4. The van der Waals surface area contributed by atoms with E-state index >= 15 is 0 Å². The average Bonchev–Trinajstić information content (AvgIpc) is 3.39. The second-order valence-electron chi connectivity index (χ2n) is 23.4. The van der Waals surface area contributed by atoms with E-state index in [0.717, 1.165) is 0 Å². The summed E-state index contributed by atoms with van der Waals surface area (Å²) in [6.07, 6.45) is 7.18. The van der Waals surface area contributed by atoms with Gasteiger partial charge in [0.15, 0.2) is 0 Å². The third-order valence-electron chi connectivity index (χ3n) is 16.3. The number of fused-ring (bicyclic) bond motifs is 6. The second-order valence-corrected chi connectivity index (χ2v) is 23.4. The Balaban J connectivity index is 1.41. The number of hydrogen-bond acceptors (Lipinski definition) is 1. The van der Waals surface area contributed by atoms with Gasteiger partial charge in [-0.15, -0.1) is 0 Å². The average molecular weight is 768 g/mol. The Morgan fingerprint density at radius 2 is 0.776 bits per heavy atom. The summed E-state index contributed by atoms with van der Waals surface area (Å²) in [6, 6.07) is 36.7. The van der Waals surface area contributed by atoms with Crippen molar-refractivity contribution < 1.29 is 0 Å². The molecule has 0 fully saturated rings. The van der Waals surface area contributed by atoms with Crippen LogP contribution in [0.2, 0.25) is 0 Å². The topological polar surface area (TPSA) is 3.24 Å². The zero-order valence-corrected chi connectivity index (χ0v) is 38.4. The minimum atomic E-state index is -0.133. The van der Waals surface area contributed by atoms with E-state index in [-0.39, 0.29) is 37.9 Å². The summed E-state index contributed by atoms with van der Waals surface area (Å²) in [4.78, 5) is 2.69. The first-order valence-electron chi connectivity index (χ1n) is 22.5. The largest absolute Gasteiger partial charge is 0.310 e. The van der Waals surface area contributed by atoms with Crippen LogP contribution in [0.1, 0.15) is 180 Å². The molecular formula is C57H69N. The van der Waals surface area contributed by atoms with Gasteiger partial charge in [-0.3, -0.25) is 0 Å². The predicted octanol–water partition coefficient (Wildman–Crippen LogP) is 16.2. The Hall–Kier alpha value is -4.10. The van der Waals surface area contributed by atoms with Gasteiger partial charge >= 0.3 is 0 Å². The van der Waals surface area contributed by atoms with Crippen LogP contribution in [0.4, 0.5) is 17.1 Å². The highest BCUT2D eigenvalue weighted by atomic mass is 15.1. The van der Waals surface area contributed by atoms with Crippen molar-refractivity contribution >= 4 is 17.1 Å². The summed E-state index contributed by atoms with van der Waals surface area (Å²) in [5.41, 5.74) is 21.7. The Bertz CT molecular complexity index is 2410. The summed E-state index contributed by atoms with van der Waals surface area (Å²) in [5.74, 6) is 0. The molecule has 0 heterocycles. The van der Waals surface area contributed by atoms with E-state index in [1.54, 1.807) is 0 Å². The summed E-state index contributed by atoms with van der Waals surface area (Å²) in [7, 11) is 0. The fraction of sp³-hybridized carbons (Fsp3) is 0.474. The molecule has 0 N–H and O–H groups in total. The van der Waals surface area contributed by atoms with E-state index in [4.69, 9.17) is 0 Å². The van der Waals surface area contributed by atoms with Crippen LogP contribution in [0.3, 0.4) is 0 Å². The summed E-state index contributed by atoms with van der Waals surface area (Å²) < 4.78 is 0. The number of nitrogens with zero attached hydrogens (tertiary/aromatic N) is 1. The van der Waals surface area contributed by atoms with Gasteiger partial charge in [-0.05, 0) is 169 Å². The summed E-state index contributed by atoms with van der Waals surface area (Å²) in [5, 5.41) is 0. The van der Waals surface area contributed by atoms with Gasteiger partial charge in [0.1, 0.15) is 0 Å². The van der Waals surface area contributed by atoms with Crippen LogP contribution in [0.5, 0.6) is 0 Å². The molecule has 1 heteroatoms. The molecule has 4 aliphatic rings. The number of anilines is 3. The third-order valence-corrected chi connectivity index (χ3v) is 16.3. The molecule has 0 saturated heterocycles. The van der Waals surface area contributed by atoms with Crippen LogP contribution in [-0.4, -0.2) is 0 Å². The zero-order chi connectivity index (χ0) is 41.6. The van der Waals surface area contributed by atoms with Crippen molar-refractivity contribution in [2.45, 2.75) is 173 Å². The summed E-state index contributed by atoms with van der Waals surface area (Å²) in [6.45, 7) is 34.5. The van der Waals surface area contributed by atoms with Crippen molar-refractivity contribution in [2.24, 2.45) is 0 Å². The van der Waals surface area contributed by atoms with Crippen LogP contribution in [-0.2, 0) is 37.9 Å². The predicted molar refractivity (Wildman–Crippen MR) is 250 cm³/mol. The molecule has 0 unspecified atom stereocenters. The molecule has 1 nitrogen and oxygen atoms in total. The quantitative estimate of drug-likeness (QED) is 0.176. The molecule has 9 rings (SSSR count). The van der Waals surface area contributed by atoms with Gasteiger partial charge in [0, 0.05) is 22.4 Å². The molecule has 0 spiro atoms. The van der Waals surface area contributed by atoms with E-state index in [1.807, 2.05) is 0 Å². The Morgan fingerprint density at radius 1 is 0.328 bits per heavy atom. The molecular weight excluding hydrogens is 699 g/mol. The molecule has 302 valence electrons. The lowest BCUT2D eigenvalue weighted by atomic mass is 9.61. The molecule has 0 amide bonds. The highest BCUT2D eigenvalue weighted by molar-refractivity contribution is 5.96. The lowest BCUT2D eigenvalue weighted by Crippen LogP contribution is -2.34. The molecule has 4 aliphatic carbocycles. The van der Waals surface area contributed by atoms with Gasteiger partial charge in [0.2, 0.25) is 0 Å². The number of benzene rings is 5.